The smallest absolute Gasteiger partial charge is 0.228 e. The number of carbonyl (C=O) groups excluding carboxylic acids is 1. The predicted octanol–water partition coefficient (Wildman–Crippen LogP) is 3.56. The van der Waals surface area contributed by atoms with E-state index in [9.17, 15) is 9.90 Å². The molecule has 1 aliphatic rings. The van der Waals surface area contributed by atoms with Gasteiger partial charge in [-0.3, -0.25) is 9.69 Å². The second-order valence-corrected chi connectivity index (χ2v) is 7.33. The van der Waals surface area contributed by atoms with Gasteiger partial charge in [0.15, 0.2) is 0 Å². The number of aromatic nitrogens is 1. The third-order valence-corrected chi connectivity index (χ3v) is 5.21. The number of amides is 1. The van der Waals surface area contributed by atoms with E-state index in [1.807, 2.05) is 32.0 Å². The van der Waals surface area contributed by atoms with Crippen LogP contribution in [0, 0.1) is 26.7 Å². The number of nitrogens with zero attached hydrogens (tertiary/aromatic N) is 2. The number of likely N-dealkylation sites (tertiary alicyclic amines) is 1. The molecular weight excluding hydrogens is 326 g/mol. The predicted molar refractivity (Wildman–Crippen MR) is 103 cm³/mol. The van der Waals surface area contributed by atoms with Crippen LogP contribution >= 0.6 is 0 Å². The molecule has 1 saturated heterocycles. The lowest BCUT2D eigenvalue weighted by molar-refractivity contribution is -0.121. The van der Waals surface area contributed by atoms with Gasteiger partial charge in [0.05, 0.1) is 0 Å². The number of nitrogens with one attached hydrogen (secondary N) is 1. The Kier molecular flexibility index (Phi) is 5.57. The van der Waals surface area contributed by atoms with Gasteiger partial charge in [-0.25, -0.2) is 4.98 Å². The van der Waals surface area contributed by atoms with Crippen molar-refractivity contribution in [3.63, 3.8) is 0 Å². The summed E-state index contributed by atoms with van der Waals surface area (Å²) in [6.45, 7) is 8.47. The normalized spacial score (nSPS) is 15.8. The molecule has 1 aliphatic heterocycles. The second kappa shape index (κ2) is 7.87. The van der Waals surface area contributed by atoms with Crippen molar-refractivity contribution in [3.8, 4) is 5.75 Å². The summed E-state index contributed by atoms with van der Waals surface area (Å²) in [5.41, 5.74) is 4.33. The fourth-order valence-electron chi connectivity index (χ4n) is 3.35. The molecule has 1 aromatic heterocycles. The van der Waals surface area contributed by atoms with E-state index >= 15 is 0 Å². The van der Waals surface area contributed by atoms with Crippen molar-refractivity contribution in [2.75, 3.05) is 18.4 Å². The molecule has 5 heteroatoms. The topological polar surface area (TPSA) is 65.5 Å². The van der Waals surface area contributed by atoms with E-state index in [1.165, 1.54) is 5.56 Å². The fourth-order valence-corrected chi connectivity index (χ4v) is 3.35. The van der Waals surface area contributed by atoms with Crippen LogP contribution in [0.15, 0.2) is 30.5 Å². The first kappa shape index (κ1) is 18.4. The van der Waals surface area contributed by atoms with Crippen LogP contribution in [0.5, 0.6) is 5.75 Å². The highest BCUT2D eigenvalue weighted by molar-refractivity contribution is 5.91. The average Bonchev–Trinajstić information content (AvgIpc) is 2.62. The van der Waals surface area contributed by atoms with Gasteiger partial charge < -0.3 is 10.4 Å². The Labute approximate surface area is 155 Å². The monoisotopic (exact) mass is 353 g/mol. The first-order valence-electron chi connectivity index (χ1n) is 9.17. The van der Waals surface area contributed by atoms with Crippen LogP contribution < -0.4 is 5.32 Å². The van der Waals surface area contributed by atoms with Crippen LogP contribution in [-0.4, -0.2) is 34.0 Å². The zero-order chi connectivity index (χ0) is 18.7. The third kappa shape index (κ3) is 4.41. The summed E-state index contributed by atoms with van der Waals surface area (Å²) in [5.74, 6) is 1.04. The molecule has 3 rings (SSSR count). The number of phenols is 1. The molecule has 0 bridgehead atoms. The lowest BCUT2D eigenvalue weighted by atomic mass is 9.95. The van der Waals surface area contributed by atoms with Gasteiger partial charge in [-0.2, -0.15) is 0 Å². The van der Waals surface area contributed by atoms with Gasteiger partial charge in [0.25, 0.3) is 0 Å². The number of pyridine rings is 1. The van der Waals surface area contributed by atoms with Crippen molar-refractivity contribution >= 4 is 11.7 Å². The van der Waals surface area contributed by atoms with Crippen LogP contribution in [0.2, 0.25) is 0 Å². The molecule has 1 fully saturated rings. The van der Waals surface area contributed by atoms with Crippen molar-refractivity contribution in [1.82, 2.24) is 9.88 Å². The summed E-state index contributed by atoms with van der Waals surface area (Å²) < 4.78 is 0. The van der Waals surface area contributed by atoms with E-state index in [4.69, 9.17) is 0 Å². The summed E-state index contributed by atoms with van der Waals surface area (Å²) in [6, 6.07) is 7.68. The van der Waals surface area contributed by atoms with E-state index in [0.717, 1.165) is 49.2 Å². The molecular formula is C21H27N3O2. The van der Waals surface area contributed by atoms with Crippen molar-refractivity contribution in [1.29, 1.82) is 0 Å². The van der Waals surface area contributed by atoms with Gasteiger partial charge >= 0.3 is 0 Å². The summed E-state index contributed by atoms with van der Waals surface area (Å²) in [5, 5.41) is 13.1. The fraction of sp³-hybridized carbons (Fsp3) is 0.429. The van der Waals surface area contributed by atoms with Gasteiger partial charge in [-0.1, -0.05) is 12.1 Å². The van der Waals surface area contributed by atoms with Crippen molar-refractivity contribution < 1.29 is 9.90 Å². The molecule has 2 aromatic rings. The lowest BCUT2D eigenvalue weighted by Crippen LogP contribution is -2.37. The molecule has 0 radical (unpaired) electrons. The Morgan fingerprint density at radius 2 is 1.88 bits per heavy atom. The van der Waals surface area contributed by atoms with Gasteiger partial charge in [-0.15, -0.1) is 0 Å². The number of anilines is 1. The largest absolute Gasteiger partial charge is 0.508 e. The van der Waals surface area contributed by atoms with E-state index < -0.39 is 0 Å². The first-order valence-corrected chi connectivity index (χ1v) is 9.17. The molecule has 0 saturated carbocycles. The van der Waals surface area contributed by atoms with E-state index in [2.05, 4.69) is 28.2 Å². The number of hydrogen-bond acceptors (Lipinski definition) is 4. The highest BCUT2D eigenvalue weighted by Gasteiger charge is 2.25. The molecule has 138 valence electrons. The van der Waals surface area contributed by atoms with Crippen LogP contribution in [-0.2, 0) is 11.3 Å². The maximum absolute atomic E-state index is 12.4. The Morgan fingerprint density at radius 3 is 2.54 bits per heavy atom. The van der Waals surface area contributed by atoms with Crippen LogP contribution in [0.3, 0.4) is 0 Å². The maximum atomic E-state index is 12.4. The Hall–Kier alpha value is -2.40. The average molecular weight is 353 g/mol. The minimum absolute atomic E-state index is 0.0164. The molecule has 1 amide bonds. The van der Waals surface area contributed by atoms with Gasteiger partial charge in [0, 0.05) is 24.2 Å². The minimum atomic E-state index is 0.0164. The number of carbonyl (C=O) groups is 1. The Balaban J connectivity index is 1.53. The molecule has 0 aliphatic carbocycles. The molecule has 2 N–H and O–H groups in total. The van der Waals surface area contributed by atoms with Gasteiger partial charge in [0.2, 0.25) is 5.91 Å². The molecule has 26 heavy (non-hydrogen) atoms. The number of piperidine rings is 1. The quantitative estimate of drug-likeness (QED) is 0.882. The molecule has 2 heterocycles. The number of rotatable bonds is 4. The number of aryl methyl sites for hydroxylation is 3. The zero-order valence-electron chi connectivity index (χ0n) is 15.7. The summed E-state index contributed by atoms with van der Waals surface area (Å²) in [7, 11) is 0. The standard InChI is InChI=1S/C21H27N3O2/c1-14-4-5-20(22-12-14)23-21(26)17-6-8-24(9-7-17)13-18-10-15(2)16(3)11-19(18)25/h4-5,10-12,17,25H,6-9,13H2,1-3H3,(H,22,23,26). The summed E-state index contributed by atoms with van der Waals surface area (Å²) >= 11 is 0. The highest BCUT2D eigenvalue weighted by atomic mass is 16.3. The van der Waals surface area contributed by atoms with E-state index in [1.54, 1.807) is 6.20 Å². The van der Waals surface area contributed by atoms with Crippen LogP contribution in [0.4, 0.5) is 5.82 Å². The van der Waals surface area contributed by atoms with E-state index in [-0.39, 0.29) is 11.8 Å². The van der Waals surface area contributed by atoms with Crippen molar-refractivity contribution in [3.05, 3.63) is 52.7 Å². The molecule has 0 atom stereocenters. The highest BCUT2D eigenvalue weighted by Crippen LogP contribution is 2.26. The van der Waals surface area contributed by atoms with Gasteiger partial charge in [-0.05, 0) is 75.5 Å². The van der Waals surface area contributed by atoms with Gasteiger partial charge in [0.1, 0.15) is 11.6 Å². The van der Waals surface area contributed by atoms with E-state index in [0.29, 0.717) is 11.6 Å². The van der Waals surface area contributed by atoms with Crippen molar-refractivity contribution in [2.24, 2.45) is 5.92 Å². The summed E-state index contributed by atoms with van der Waals surface area (Å²) in [6.07, 6.45) is 3.40. The summed E-state index contributed by atoms with van der Waals surface area (Å²) in [4.78, 5) is 19.0. The second-order valence-electron chi connectivity index (χ2n) is 7.33. The molecule has 0 spiro atoms. The number of aromatic hydroxyl groups is 1. The van der Waals surface area contributed by atoms with Crippen molar-refractivity contribution in [2.45, 2.75) is 40.2 Å². The zero-order valence-corrected chi connectivity index (χ0v) is 15.7. The number of benzene rings is 1. The van der Waals surface area contributed by atoms with Crippen LogP contribution in [0.25, 0.3) is 0 Å². The maximum Gasteiger partial charge on any atom is 0.228 e. The third-order valence-electron chi connectivity index (χ3n) is 5.21. The minimum Gasteiger partial charge on any atom is -0.508 e. The SMILES string of the molecule is Cc1ccc(NC(=O)C2CCN(Cc3cc(C)c(C)cc3O)CC2)nc1. The molecule has 1 aromatic carbocycles. The first-order chi connectivity index (χ1) is 12.4. The molecule has 5 nitrogen and oxygen atoms in total. The Bertz CT molecular complexity index is 779. The lowest BCUT2D eigenvalue weighted by Gasteiger charge is -2.31. The molecule has 0 unspecified atom stereocenters. The van der Waals surface area contributed by atoms with Crippen LogP contribution in [0.1, 0.15) is 35.1 Å². The number of phenolic OH excluding ortho intramolecular Hbond substituents is 1. The Morgan fingerprint density at radius 1 is 1.19 bits per heavy atom. The number of hydrogen-bond donors (Lipinski definition) is 2.